The van der Waals surface area contributed by atoms with E-state index < -0.39 is 0 Å². The highest BCUT2D eigenvalue weighted by atomic mass is 35.5. The summed E-state index contributed by atoms with van der Waals surface area (Å²) in [6.07, 6.45) is 8.98. The summed E-state index contributed by atoms with van der Waals surface area (Å²) in [6.45, 7) is 4.36. The van der Waals surface area contributed by atoms with Gasteiger partial charge in [0.2, 0.25) is 0 Å². The molecule has 0 aromatic heterocycles. The number of benzene rings is 1. The minimum absolute atomic E-state index is 0.136. The maximum absolute atomic E-state index is 6.51. The number of alkyl halides is 1. The minimum atomic E-state index is 0.136. The fraction of sp³-hybridized carbons (Fsp3) is 0.647. The Bertz CT molecular complexity index is 362. The molecule has 2 heteroatoms. The minimum Gasteiger partial charge on any atom is -0.497 e. The molecular formula is C17H27ClO. The lowest BCUT2D eigenvalue weighted by Gasteiger charge is -2.13. The molecule has 0 spiro atoms. The van der Waals surface area contributed by atoms with Gasteiger partial charge in [-0.2, -0.15) is 0 Å². The van der Waals surface area contributed by atoms with Crippen LogP contribution < -0.4 is 4.74 Å². The van der Waals surface area contributed by atoms with Crippen molar-refractivity contribution in [3.05, 3.63) is 29.3 Å². The van der Waals surface area contributed by atoms with Gasteiger partial charge in [0.25, 0.3) is 0 Å². The third kappa shape index (κ3) is 5.86. The van der Waals surface area contributed by atoms with Crippen LogP contribution >= 0.6 is 11.6 Å². The van der Waals surface area contributed by atoms with Gasteiger partial charge in [0.1, 0.15) is 5.75 Å². The van der Waals surface area contributed by atoms with Crippen LogP contribution in [0, 0.1) is 6.92 Å². The van der Waals surface area contributed by atoms with Gasteiger partial charge in [0.15, 0.2) is 0 Å². The number of hydrogen-bond donors (Lipinski definition) is 0. The Hall–Kier alpha value is -0.690. The molecule has 1 atom stereocenters. The zero-order chi connectivity index (χ0) is 14.1. The summed E-state index contributed by atoms with van der Waals surface area (Å²) in [5.41, 5.74) is 2.47. The van der Waals surface area contributed by atoms with Crippen molar-refractivity contribution in [3.8, 4) is 5.75 Å². The van der Waals surface area contributed by atoms with E-state index in [1.807, 2.05) is 6.07 Å². The lowest BCUT2D eigenvalue weighted by molar-refractivity contribution is 0.414. The lowest BCUT2D eigenvalue weighted by atomic mass is 10.0. The van der Waals surface area contributed by atoms with Crippen LogP contribution in [0.25, 0.3) is 0 Å². The molecule has 1 aromatic carbocycles. The van der Waals surface area contributed by atoms with E-state index in [0.717, 1.165) is 12.2 Å². The van der Waals surface area contributed by atoms with E-state index in [4.69, 9.17) is 16.3 Å². The number of hydrogen-bond acceptors (Lipinski definition) is 1. The average Bonchev–Trinajstić information content (AvgIpc) is 2.42. The Morgan fingerprint density at radius 3 is 2.42 bits per heavy atom. The van der Waals surface area contributed by atoms with E-state index in [0.29, 0.717) is 0 Å². The quantitative estimate of drug-likeness (QED) is 0.397. The van der Waals surface area contributed by atoms with Crippen LogP contribution in [0.15, 0.2) is 18.2 Å². The third-order valence-electron chi connectivity index (χ3n) is 3.63. The summed E-state index contributed by atoms with van der Waals surface area (Å²) in [4.78, 5) is 0. The monoisotopic (exact) mass is 282 g/mol. The van der Waals surface area contributed by atoms with Crippen molar-refractivity contribution >= 4 is 11.6 Å². The molecule has 0 aliphatic carbocycles. The highest BCUT2D eigenvalue weighted by molar-refractivity contribution is 6.20. The first kappa shape index (κ1) is 16.4. The largest absolute Gasteiger partial charge is 0.497 e. The summed E-state index contributed by atoms with van der Waals surface area (Å²) >= 11 is 6.51. The Morgan fingerprint density at radius 1 is 1.11 bits per heavy atom. The second-order valence-electron chi connectivity index (χ2n) is 5.25. The van der Waals surface area contributed by atoms with Crippen LogP contribution in [0.2, 0.25) is 0 Å². The molecule has 108 valence electrons. The van der Waals surface area contributed by atoms with Gasteiger partial charge >= 0.3 is 0 Å². The van der Waals surface area contributed by atoms with Crippen molar-refractivity contribution in [1.82, 2.24) is 0 Å². The van der Waals surface area contributed by atoms with Crippen LogP contribution in [0.5, 0.6) is 5.75 Å². The summed E-state index contributed by atoms with van der Waals surface area (Å²) in [5, 5.41) is 0.136. The Kier molecular flexibility index (Phi) is 7.97. The van der Waals surface area contributed by atoms with Gasteiger partial charge in [-0.05, 0) is 36.6 Å². The van der Waals surface area contributed by atoms with E-state index in [1.54, 1.807) is 7.11 Å². The zero-order valence-electron chi connectivity index (χ0n) is 12.5. The van der Waals surface area contributed by atoms with Crippen LogP contribution in [-0.4, -0.2) is 7.11 Å². The summed E-state index contributed by atoms with van der Waals surface area (Å²) < 4.78 is 5.22. The third-order valence-corrected chi connectivity index (χ3v) is 4.08. The van der Waals surface area contributed by atoms with Gasteiger partial charge in [-0.3, -0.25) is 0 Å². The van der Waals surface area contributed by atoms with Crippen molar-refractivity contribution in [3.63, 3.8) is 0 Å². The van der Waals surface area contributed by atoms with E-state index in [9.17, 15) is 0 Å². The number of methoxy groups -OCH3 is 1. The standard InChI is InChI=1S/C17H27ClO/c1-4-5-6-7-8-9-10-17(18)16-12-11-15(19-3)13-14(16)2/h11-13,17H,4-10H2,1-3H3. The van der Waals surface area contributed by atoms with Gasteiger partial charge in [0.05, 0.1) is 12.5 Å². The fourth-order valence-corrected chi connectivity index (χ4v) is 2.79. The van der Waals surface area contributed by atoms with E-state index in [-0.39, 0.29) is 5.38 Å². The van der Waals surface area contributed by atoms with Crippen molar-refractivity contribution in [2.75, 3.05) is 7.11 Å². The molecule has 1 unspecified atom stereocenters. The SMILES string of the molecule is CCCCCCCCC(Cl)c1ccc(OC)cc1C. The van der Waals surface area contributed by atoms with Crippen molar-refractivity contribution in [2.45, 2.75) is 64.2 Å². The molecular weight excluding hydrogens is 256 g/mol. The highest BCUT2D eigenvalue weighted by Gasteiger charge is 2.10. The van der Waals surface area contributed by atoms with Crippen LogP contribution in [0.3, 0.4) is 0 Å². The maximum Gasteiger partial charge on any atom is 0.119 e. The number of unbranched alkanes of at least 4 members (excludes halogenated alkanes) is 5. The summed E-state index contributed by atoms with van der Waals surface area (Å²) in [6, 6.07) is 6.16. The molecule has 0 aliphatic rings. The topological polar surface area (TPSA) is 9.23 Å². The van der Waals surface area contributed by atoms with Crippen LogP contribution in [0.4, 0.5) is 0 Å². The Balaban J connectivity index is 2.34. The van der Waals surface area contributed by atoms with Crippen LogP contribution in [-0.2, 0) is 0 Å². The molecule has 0 heterocycles. The molecule has 1 rings (SSSR count). The number of halogens is 1. The van der Waals surface area contributed by atoms with E-state index >= 15 is 0 Å². The molecule has 0 saturated carbocycles. The first-order valence-corrected chi connectivity index (χ1v) is 7.91. The van der Waals surface area contributed by atoms with Gasteiger partial charge in [0, 0.05) is 0 Å². The molecule has 0 radical (unpaired) electrons. The molecule has 0 N–H and O–H groups in total. The van der Waals surface area contributed by atoms with Crippen molar-refractivity contribution < 1.29 is 4.74 Å². The molecule has 1 aromatic rings. The highest BCUT2D eigenvalue weighted by Crippen LogP contribution is 2.31. The first-order chi connectivity index (χ1) is 9.19. The van der Waals surface area contributed by atoms with Crippen LogP contribution in [0.1, 0.15) is 68.4 Å². The van der Waals surface area contributed by atoms with Gasteiger partial charge in [-0.15, -0.1) is 11.6 Å². The van der Waals surface area contributed by atoms with E-state index in [2.05, 4.69) is 26.0 Å². The van der Waals surface area contributed by atoms with Crippen molar-refractivity contribution in [1.29, 1.82) is 0 Å². The normalized spacial score (nSPS) is 12.4. The number of rotatable bonds is 9. The van der Waals surface area contributed by atoms with E-state index in [1.165, 1.54) is 49.7 Å². The first-order valence-electron chi connectivity index (χ1n) is 7.47. The predicted molar refractivity (Wildman–Crippen MR) is 84.3 cm³/mol. The molecule has 0 aliphatic heterocycles. The zero-order valence-corrected chi connectivity index (χ0v) is 13.3. The maximum atomic E-state index is 6.51. The second-order valence-corrected chi connectivity index (χ2v) is 5.77. The fourth-order valence-electron chi connectivity index (χ4n) is 2.39. The smallest absolute Gasteiger partial charge is 0.119 e. The molecule has 0 amide bonds. The van der Waals surface area contributed by atoms with Gasteiger partial charge in [-0.25, -0.2) is 0 Å². The molecule has 0 saturated heterocycles. The van der Waals surface area contributed by atoms with Gasteiger partial charge < -0.3 is 4.74 Å². The lowest BCUT2D eigenvalue weighted by Crippen LogP contribution is -1.95. The Morgan fingerprint density at radius 2 is 1.79 bits per heavy atom. The number of aryl methyl sites for hydroxylation is 1. The van der Waals surface area contributed by atoms with Gasteiger partial charge in [-0.1, -0.05) is 51.5 Å². The Labute approximate surface area is 123 Å². The molecule has 0 fully saturated rings. The number of ether oxygens (including phenoxy) is 1. The second kappa shape index (κ2) is 9.25. The summed E-state index contributed by atoms with van der Waals surface area (Å²) in [7, 11) is 1.70. The molecule has 1 nitrogen and oxygen atoms in total. The average molecular weight is 283 g/mol. The van der Waals surface area contributed by atoms with Crippen molar-refractivity contribution in [2.24, 2.45) is 0 Å². The summed E-state index contributed by atoms with van der Waals surface area (Å²) in [5.74, 6) is 0.907. The predicted octanol–water partition coefficient (Wildman–Crippen LogP) is 6.03. The molecule has 19 heavy (non-hydrogen) atoms. The molecule has 0 bridgehead atoms.